The first-order chi connectivity index (χ1) is 12.6. The van der Waals surface area contributed by atoms with Gasteiger partial charge in [0.15, 0.2) is 13.2 Å². The highest BCUT2D eigenvalue weighted by Gasteiger charge is 2.11. The van der Waals surface area contributed by atoms with Crippen LogP contribution in [0, 0.1) is 13.8 Å². The van der Waals surface area contributed by atoms with E-state index < -0.39 is 5.97 Å². The zero-order valence-electron chi connectivity index (χ0n) is 14.9. The summed E-state index contributed by atoms with van der Waals surface area (Å²) in [6, 6.07) is 17.8. The number of aromatic nitrogens is 1. The SMILES string of the molecule is Cc1nc(COC(=O)COc2ccccc2Cc2ccccc2)oc1C. The van der Waals surface area contributed by atoms with Gasteiger partial charge in [0, 0.05) is 6.42 Å². The Balaban J connectivity index is 1.55. The Labute approximate surface area is 152 Å². The van der Waals surface area contributed by atoms with Gasteiger partial charge < -0.3 is 13.9 Å². The average Bonchev–Trinajstić information content (AvgIpc) is 2.98. The smallest absolute Gasteiger partial charge is 0.344 e. The third kappa shape index (κ3) is 4.72. The molecule has 0 N–H and O–H groups in total. The van der Waals surface area contributed by atoms with Crippen LogP contribution in [0.1, 0.15) is 28.5 Å². The number of rotatable bonds is 7. The molecule has 0 aliphatic carbocycles. The number of carbonyl (C=O) groups is 1. The van der Waals surface area contributed by atoms with Crippen molar-refractivity contribution in [3.8, 4) is 5.75 Å². The molecule has 0 saturated carbocycles. The zero-order chi connectivity index (χ0) is 18.4. The van der Waals surface area contributed by atoms with Crippen LogP contribution in [0.25, 0.3) is 0 Å². The van der Waals surface area contributed by atoms with Gasteiger partial charge in [-0.3, -0.25) is 0 Å². The highest BCUT2D eigenvalue weighted by molar-refractivity contribution is 5.71. The molecule has 0 amide bonds. The summed E-state index contributed by atoms with van der Waals surface area (Å²) in [6.45, 7) is 3.50. The Bertz CT molecular complexity index is 851. The summed E-state index contributed by atoms with van der Waals surface area (Å²) in [6.07, 6.45) is 0.737. The second-order valence-electron chi connectivity index (χ2n) is 5.97. The lowest BCUT2D eigenvalue weighted by molar-refractivity contribution is -0.148. The fourth-order valence-electron chi connectivity index (χ4n) is 2.53. The van der Waals surface area contributed by atoms with Crippen LogP contribution in [-0.4, -0.2) is 17.6 Å². The van der Waals surface area contributed by atoms with Crippen LogP contribution >= 0.6 is 0 Å². The highest BCUT2D eigenvalue weighted by atomic mass is 16.6. The topological polar surface area (TPSA) is 61.6 Å². The maximum absolute atomic E-state index is 11.9. The van der Waals surface area contributed by atoms with Crippen LogP contribution < -0.4 is 4.74 Å². The summed E-state index contributed by atoms with van der Waals surface area (Å²) in [4.78, 5) is 16.1. The highest BCUT2D eigenvalue weighted by Crippen LogP contribution is 2.21. The Hall–Kier alpha value is -3.08. The van der Waals surface area contributed by atoms with E-state index in [1.54, 1.807) is 0 Å². The van der Waals surface area contributed by atoms with E-state index in [0.717, 1.165) is 23.4 Å². The van der Waals surface area contributed by atoms with Gasteiger partial charge in [0.1, 0.15) is 11.5 Å². The van der Waals surface area contributed by atoms with Crippen molar-refractivity contribution in [2.24, 2.45) is 0 Å². The van der Waals surface area contributed by atoms with E-state index in [2.05, 4.69) is 17.1 Å². The lowest BCUT2D eigenvalue weighted by Gasteiger charge is -2.11. The third-order valence-corrected chi connectivity index (χ3v) is 3.98. The van der Waals surface area contributed by atoms with Gasteiger partial charge in [0.05, 0.1) is 5.69 Å². The quantitative estimate of drug-likeness (QED) is 0.602. The minimum absolute atomic E-state index is 0.00252. The van der Waals surface area contributed by atoms with Gasteiger partial charge in [0.25, 0.3) is 0 Å². The van der Waals surface area contributed by atoms with E-state index in [1.807, 2.05) is 56.3 Å². The molecule has 134 valence electrons. The van der Waals surface area contributed by atoms with E-state index >= 15 is 0 Å². The first kappa shape index (κ1) is 17.7. The second-order valence-corrected chi connectivity index (χ2v) is 5.97. The van der Waals surface area contributed by atoms with E-state index in [-0.39, 0.29) is 13.2 Å². The van der Waals surface area contributed by atoms with Gasteiger partial charge in [-0.2, -0.15) is 0 Å². The van der Waals surface area contributed by atoms with Crippen molar-refractivity contribution in [1.29, 1.82) is 0 Å². The molecule has 1 aromatic heterocycles. The Morgan fingerprint density at radius 3 is 2.50 bits per heavy atom. The molecular weight excluding hydrogens is 330 g/mol. The fraction of sp³-hybridized carbons (Fsp3) is 0.238. The molecule has 0 radical (unpaired) electrons. The molecule has 0 unspecified atom stereocenters. The van der Waals surface area contributed by atoms with E-state index in [0.29, 0.717) is 11.6 Å². The monoisotopic (exact) mass is 351 g/mol. The number of aryl methyl sites for hydroxylation is 2. The molecule has 0 aliphatic heterocycles. The Morgan fingerprint density at radius 2 is 1.77 bits per heavy atom. The molecule has 3 aromatic rings. The van der Waals surface area contributed by atoms with Crippen LogP contribution in [0.4, 0.5) is 0 Å². The van der Waals surface area contributed by atoms with Crippen LogP contribution in [-0.2, 0) is 22.6 Å². The van der Waals surface area contributed by atoms with Crippen molar-refractivity contribution < 1.29 is 18.7 Å². The molecule has 1 heterocycles. The molecule has 0 fully saturated rings. The lowest BCUT2D eigenvalue weighted by atomic mass is 10.0. The number of benzene rings is 2. The summed E-state index contributed by atoms with van der Waals surface area (Å²) in [5, 5.41) is 0. The minimum Gasteiger partial charge on any atom is -0.482 e. The van der Waals surface area contributed by atoms with Crippen molar-refractivity contribution >= 4 is 5.97 Å². The predicted molar refractivity (Wildman–Crippen MR) is 97.0 cm³/mol. The van der Waals surface area contributed by atoms with Gasteiger partial charge in [-0.1, -0.05) is 48.5 Å². The number of para-hydroxylation sites is 1. The predicted octanol–water partition coefficient (Wildman–Crippen LogP) is 4.00. The summed E-state index contributed by atoms with van der Waals surface area (Å²) in [7, 11) is 0. The van der Waals surface area contributed by atoms with Crippen molar-refractivity contribution in [3.63, 3.8) is 0 Å². The van der Waals surface area contributed by atoms with Gasteiger partial charge >= 0.3 is 5.97 Å². The summed E-state index contributed by atoms with van der Waals surface area (Å²) < 4.78 is 16.2. The number of ether oxygens (including phenoxy) is 2. The van der Waals surface area contributed by atoms with Crippen LogP contribution in [0.2, 0.25) is 0 Å². The molecule has 0 spiro atoms. The summed E-state index contributed by atoms with van der Waals surface area (Å²) in [5.41, 5.74) is 2.99. The maximum atomic E-state index is 11.9. The molecular formula is C21H21NO4. The molecule has 26 heavy (non-hydrogen) atoms. The number of oxazole rings is 1. The van der Waals surface area contributed by atoms with E-state index in [1.165, 1.54) is 5.56 Å². The molecule has 0 atom stereocenters. The molecule has 5 heteroatoms. The van der Waals surface area contributed by atoms with Crippen molar-refractivity contribution in [2.45, 2.75) is 26.9 Å². The van der Waals surface area contributed by atoms with Crippen molar-refractivity contribution in [1.82, 2.24) is 4.98 Å². The molecule has 5 nitrogen and oxygen atoms in total. The second kappa shape index (κ2) is 8.34. The van der Waals surface area contributed by atoms with E-state index in [4.69, 9.17) is 13.9 Å². The largest absolute Gasteiger partial charge is 0.482 e. The Morgan fingerprint density at radius 1 is 1.04 bits per heavy atom. The van der Waals surface area contributed by atoms with Gasteiger partial charge in [-0.15, -0.1) is 0 Å². The number of hydrogen-bond donors (Lipinski definition) is 0. The zero-order valence-corrected chi connectivity index (χ0v) is 14.9. The van der Waals surface area contributed by atoms with Crippen LogP contribution in [0.15, 0.2) is 59.0 Å². The first-order valence-corrected chi connectivity index (χ1v) is 8.45. The molecule has 0 saturated heterocycles. The first-order valence-electron chi connectivity index (χ1n) is 8.45. The standard InChI is InChI=1S/C21H21NO4/c1-15-16(2)26-20(22-15)13-25-21(23)14-24-19-11-7-6-10-18(19)12-17-8-4-3-5-9-17/h3-11H,12-14H2,1-2H3. The number of hydrogen-bond acceptors (Lipinski definition) is 5. The van der Waals surface area contributed by atoms with E-state index in [9.17, 15) is 4.79 Å². The number of nitrogens with zero attached hydrogens (tertiary/aromatic N) is 1. The molecule has 2 aromatic carbocycles. The normalized spacial score (nSPS) is 10.5. The minimum atomic E-state index is -0.465. The van der Waals surface area contributed by atoms with Crippen molar-refractivity contribution in [2.75, 3.05) is 6.61 Å². The third-order valence-electron chi connectivity index (χ3n) is 3.98. The Kier molecular flexibility index (Phi) is 5.69. The number of carbonyl (C=O) groups excluding carboxylic acids is 1. The van der Waals surface area contributed by atoms with Crippen LogP contribution in [0.5, 0.6) is 5.75 Å². The molecule has 0 bridgehead atoms. The fourth-order valence-corrected chi connectivity index (χ4v) is 2.53. The summed E-state index contributed by atoms with van der Waals surface area (Å²) in [5.74, 6) is 1.32. The summed E-state index contributed by atoms with van der Waals surface area (Å²) >= 11 is 0. The maximum Gasteiger partial charge on any atom is 0.344 e. The van der Waals surface area contributed by atoms with Gasteiger partial charge in [0.2, 0.25) is 5.89 Å². The molecule has 3 rings (SSSR count). The lowest BCUT2D eigenvalue weighted by Crippen LogP contribution is -2.15. The van der Waals surface area contributed by atoms with Crippen molar-refractivity contribution in [3.05, 3.63) is 83.1 Å². The molecule has 0 aliphatic rings. The number of esters is 1. The van der Waals surface area contributed by atoms with Gasteiger partial charge in [-0.25, -0.2) is 9.78 Å². The van der Waals surface area contributed by atoms with Crippen LogP contribution in [0.3, 0.4) is 0 Å². The average molecular weight is 351 g/mol. The van der Waals surface area contributed by atoms with Gasteiger partial charge in [-0.05, 0) is 31.0 Å².